The van der Waals surface area contributed by atoms with Gasteiger partial charge in [0.1, 0.15) is 0 Å². The molecule has 0 aliphatic heterocycles. The van der Waals surface area contributed by atoms with Gasteiger partial charge in [0.05, 0.1) is 6.10 Å². The smallest absolute Gasteiger partial charge is 0.0759 e. The van der Waals surface area contributed by atoms with Gasteiger partial charge in [0, 0.05) is 0 Å². The molecule has 0 aromatic carbocycles. The molecule has 2 nitrogen and oxygen atoms in total. The van der Waals surface area contributed by atoms with Crippen molar-refractivity contribution in [1.82, 2.24) is 0 Å². The molecule has 0 aliphatic carbocycles. The molecule has 0 aliphatic rings. The van der Waals surface area contributed by atoms with Crippen molar-refractivity contribution in [2.75, 3.05) is 0 Å². The minimum Gasteiger partial charge on any atom is -0.302 e. The Balaban J connectivity index is 2.94. The van der Waals surface area contributed by atoms with Crippen LogP contribution in [0.15, 0.2) is 0 Å². The second-order valence-corrected chi connectivity index (χ2v) is 5.62. The van der Waals surface area contributed by atoms with E-state index in [0.717, 1.165) is 6.42 Å². The van der Waals surface area contributed by atoms with Gasteiger partial charge in [0.25, 0.3) is 0 Å². The minimum atomic E-state index is 0.230. The summed E-state index contributed by atoms with van der Waals surface area (Å²) in [4.78, 5) is 4.75. The first-order valence-electron chi connectivity index (χ1n) is 8.16. The molecule has 0 saturated carbocycles. The number of unbranched alkanes of at least 4 members (excludes halogenated alkanes) is 11. The van der Waals surface area contributed by atoms with E-state index >= 15 is 0 Å². The minimum absolute atomic E-state index is 0.230. The average Bonchev–Trinajstić information content (AvgIpc) is 2.39. The van der Waals surface area contributed by atoms with Crippen molar-refractivity contribution in [3.63, 3.8) is 0 Å². The molecule has 0 radical (unpaired) electrons. The Labute approximate surface area is 115 Å². The lowest BCUT2D eigenvalue weighted by molar-refractivity contribution is 0.0588. The van der Waals surface area contributed by atoms with Gasteiger partial charge in [-0.15, -0.1) is 0 Å². The fraction of sp³-hybridized carbons (Fsp3) is 1.00. The van der Waals surface area contributed by atoms with Crippen LogP contribution in [0.4, 0.5) is 0 Å². The standard InChI is InChI=1S/C16H35NO/c1-3-4-5-6-7-8-9-10-11-12-13-14-15-16(2)18-17/h16H,3-15,17H2,1-2H3. The number of rotatable bonds is 14. The van der Waals surface area contributed by atoms with E-state index in [-0.39, 0.29) is 6.10 Å². The molecule has 2 N–H and O–H groups in total. The predicted molar refractivity (Wildman–Crippen MR) is 80.4 cm³/mol. The summed E-state index contributed by atoms with van der Waals surface area (Å²) in [5, 5.41) is 0. The molecule has 110 valence electrons. The Bertz CT molecular complexity index is 150. The lowest BCUT2D eigenvalue weighted by atomic mass is 10.0. The molecule has 0 bridgehead atoms. The van der Waals surface area contributed by atoms with Gasteiger partial charge in [-0.2, -0.15) is 0 Å². The van der Waals surface area contributed by atoms with Gasteiger partial charge >= 0.3 is 0 Å². The van der Waals surface area contributed by atoms with Gasteiger partial charge in [-0.1, -0.05) is 84.0 Å². The molecule has 0 fully saturated rings. The highest BCUT2D eigenvalue weighted by molar-refractivity contribution is 4.51. The summed E-state index contributed by atoms with van der Waals surface area (Å²) < 4.78 is 0. The van der Waals surface area contributed by atoms with Crippen LogP contribution in [0.3, 0.4) is 0 Å². The van der Waals surface area contributed by atoms with Crippen LogP contribution >= 0.6 is 0 Å². The summed E-state index contributed by atoms with van der Waals surface area (Å²) in [5.74, 6) is 5.11. The number of nitrogens with two attached hydrogens (primary N) is 1. The molecule has 1 unspecified atom stereocenters. The van der Waals surface area contributed by atoms with Crippen molar-refractivity contribution in [3.8, 4) is 0 Å². The molecule has 0 aromatic heterocycles. The summed E-state index contributed by atoms with van der Waals surface area (Å²) >= 11 is 0. The van der Waals surface area contributed by atoms with Gasteiger partial charge in [-0.05, 0) is 13.3 Å². The molecule has 0 heterocycles. The Kier molecular flexibility index (Phi) is 14.9. The zero-order valence-corrected chi connectivity index (χ0v) is 12.8. The van der Waals surface area contributed by atoms with Crippen LogP contribution in [-0.2, 0) is 4.84 Å². The van der Waals surface area contributed by atoms with Crippen LogP contribution in [0, 0.1) is 0 Å². The highest BCUT2D eigenvalue weighted by Crippen LogP contribution is 2.13. The normalized spacial score (nSPS) is 12.8. The first kappa shape index (κ1) is 17.9. The van der Waals surface area contributed by atoms with Gasteiger partial charge in [-0.3, -0.25) is 0 Å². The second-order valence-electron chi connectivity index (χ2n) is 5.62. The largest absolute Gasteiger partial charge is 0.302 e. The van der Waals surface area contributed by atoms with Gasteiger partial charge < -0.3 is 4.84 Å². The van der Waals surface area contributed by atoms with Crippen molar-refractivity contribution in [2.45, 2.75) is 103 Å². The Morgan fingerprint density at radius 3 is 1.50 bits per heavy atom. The van der Waals surface area contributed by atoms with E-state index in [1.54, 1.807) is 0 Å². The molecule has 0 spiro atoms. The van der Waals surface area contributed by atoms with Crippen LogP contribution in [-0.4, -0.2) is 6.10 Å². The van der Waals surface area contributed by atoms with Gasteiger partial charge in [0.2, 0.25) is 0 Å². The third kappa shape index (κ3) is 14.0. The van der Waals surface area contributed by atoms with E-state index in [2.05, 4.69) is 6.92 Å². The Morgan fingerprint density at radius 1 is 0.722 bits per heavy atom. The van der Waals surface area contributed by atoms with Crippen molar-refractivity contribution >= 4 is 0 Å². The quantitative estimate of drug-likeness (QED) is 0.336. The highest BCUT2D eigenvalue weighted by atomic mass is 16.6. The Morgan fingerprint density at radius 2 is 1.11 bits per heavy atom. The lowest BCUT2D eigenvalue weighted by Crippen LogP contribution is -2.12. The first-order chi connectivity index (χ1) is 8.81. The van der Waals surface area contributed by atoms with Crippen molar-refractivity contribution < 1.29 is 4.84 Å². The molecule has 0 aromatic rings. The molecular weight excluding hydrogens is 222 g/mol. The summed E-state index contributed by atoms with van der Waals surface area (Å²) in [6.07, 6.45) is 18.2. The van der Waals surface area contributed by atoms with Gasteiger partial charge in [-0.25, -0.2) is 5.90 Å². The van der Waals surface area contributed by atoms with Crippen LogP contribution in [0.1, 0.15) is 97.3 Å². The monoisotopic (exact) mass is 257 g/mol. The maximum Gasteiger partial charge on any atom is 0.0759 e. The molecule has 0 saturated heterocycles. The van der Waals surface area contributed by atoms with Crippen LogP contribution < -0.4 is 5.90 Å². The molecule has 0 rings (SSSR count). The molecule has 0 amide bonds. The molecular formula is C16H35NO. The van der Waals surface area contributed by atoms with E-state index < -0.39 is 0 Å². The third-order valence-corrected chi connectivity index (χ3v) is 3.70. The van der Waals surface area contributed by atoms with Crippen molar-refractivity contribution in [3.05, 3.63) is 0 Å². The fourth-order valence-corrected chi connectivity index (χ4v) is 2.34. The zero-order valence-electron chi connectivity index (χ0n) is 12.8. The van der Waals surface area contributed by atoms with E-state index in [0.29, 0.717) is 0 Å². The van der Waals surface area contributed by atoms with Crippen molar-refractivity contribution in [1.29, 1.82) is 0 Å². The van der Waals surface area contributed by atoms with E-state index in [9.17, 15) is 0 Å². The third-order valence-electron chi connectivity index (χ3n) is 3.70. The first-order valence-corrected chi connectivity index (χ1v) is 8.16. The predicted octanol–water partition coefficient (Wildman–Crippen LogP) is 5.36. The van der Waals surface area contributed by atoms with Crippen LogP contribution in [0.25, 0.3) is 0 Å². The van der Waals surface area contributed by atoms with E-state index in [1.165, 1.54) is 77.0 Å². The second kappa shape index (κ2) is 15.0. The summed E-state index contributed by atoms with van der Waals surface area (Å²) in [5.41, 5.74) is 0. The topological polar surface area (TPSA) is 35.2 Å². The van der Waals surface area contributed by atoms with Crippen LogP contribution in [0.2, 0.25) is 0 Å². The average molecular weight is 257 g/mol. The van der Waals surface area contributed by atoms with E-state index in [1.807, 2.05) is 6.92 Å². The number of hydrogen-bond donors (Lipinski definition) is 1. The van der Waals surface area contributed by atoms with Crippen molar-refractivity contribution in [2.24, 2.45) is 5.90 Å². The molecule has 1 atom stereocenters. The Hall–Kier alpha value is -0.0800. The van der Waals surface area contributed by atoms with Crippen LogP contribution in [0.5, 0.6) is 0 Å². The highest BCUT2D eigenvalue weighted by Gasteiger charge is 1.99. The zero-order chi connectivity index (χ0) is 13.5. The SMILES string of the molecule is CCCCCCCCCCCCCCC(C)ON. The summed E-state index contributed by atoms with van der Waals surface area (Å²) in [7, 11) is 0. The molecule has 18 heavy (non-hydrogen) atoms. The number of hydrogen-bond acceptors (Lipinski definition) is 2. The van der Waals surface area contributed by atoms with E-state index in [4.69, 9.17) is 10.7 Å². The van der Waals surface area contributed by atoms with Gasteiger partial charge in [0.15, 0.2) is 0 Å². The summed E-state index contributed by atoms with van der Waals surface area (Å²) in [6, 6.07) is 0. The summed E-state index contributed by atoms with van der Waals surface area (Å²) in [6.45, 7) is 4.32. The lowest BCUT2D eigenvalue weighted by Gasteiger charge is -2.07. The maximum atomic E-state index is 5.11. The maximum absolute atomic E-state index is 5.11. The molecule has 2 heteroatoms. The fourth-order valence-electron chi connectivity index (χ4n) is 2.34.